The Kier molecular flexibility index (Phi) is 3.59. The lowest BCUT2D eigenvalue weighted by molar-refractivity contribution is 0.295. The van der Waals surface area contributed by atoms with E-state index in [1.54, 1.807) is 0 Å². The van der Waals surface area contributed by atoms with Gasteiger partial charge in [-0.25, -0.2) is 0 Å². The van der Waals surface area contributed by atoms with Crippen molar-refractivity contribution in [2.24, 2.45) is 0 Å². The molecule has 3 nitrogen and oxygen atoms in total. The van der Waals surface area contributed by atoms with Crippen LogP contribution < -0.4 is 14.8 Å². The molecule has 0 bridgehead atoms. The average molecular weight is 296 g/mol. The van der Waals surface area contributed by atoms with Crippen LogP contribution in [0.1, 0.15) is 50.8 Å². The smallest absolute Gasteiger partial charge is 0.166 e. The highest BCUT2D eigenvalue weighted by molar-refractivity contribution is 6.32. The maximum Gasteiger partial charge on any atom is 0.166 e. The first-order valence-electron chi connectivity index (χ1n) is 7.40. The first-order valence-corrected chi connectivity index (χ1v) is 7.78. The molecule has 2 aliphatic rings. The van der Waals surface area contributed by atoms with Gasteiger partial charge in [0.05, 0.1) is 13.2 Å². The molecule has 1 aliphatic carbocycles. The molecule has 1 unspecified atom stereocenters. The van der Waals surface area contributed by atoms with Gasteiger partial charge in [0.2, 0.25) is 0 Å². The van der Waals surface area contributed by atoms with Gasteiger partial charge in [-0.05, 0) is 23.9 Å². The zero-order valence-electron chi connectivity index (χ0n) is 12.4. The van der Waals surface area contributed by atoms with E-state index in [0.29, 0.717) is 19.3 Å². The molecule has 110 valence electrons. The molecule has 0 saturated carbocycles. The zero-order chi connectivity index (χ0) is 14.3. The average Bonchev–Trinajstić information content (AvgIpc) is 2.53. The summed E-state index contributed by atoms with van der Waals surface area (Å²) in [5, 5.41) is 4.36. The van der Waals surface area contributed by atoms with Gasteiger partial charge >= 0.3 is 0 Å². The second-order valence-electron chi connectivity index (χ2n) is 6.22. The van der Waals surface area contributed by atoms with Crippen LogP contribution in [0, 0.1) is 0 Å². The molecule has 0 spiro atoms. The molecule has 0 saturated heterocycles. The molecule has 1 atom stereocenters. The molecule has 1 aromatic rings. The van der Waals surface area contributed by atoms with Gasteiger partial charge in [0.15, 0.2) is 11.5 Å². The van der Waals surface area contributed by atoms with Crippen molar-refractivity contribution < 1.29 is 9.47 Å². The predicted molar refractivity (Wildman–Crippen MR) is 81.1 cm³/mol. The molecule has 1 aromatic carbocycles. The lowest BCUT2D eigenvalue weighted by Crippen LogP contribution is -2.21. The van der Waals surface area contributed by atoms with Gasteiger partial charge < -0.3 is 14.8 Å². The third-order valence-corrected chi connectivity index (χ3v) is 4.52. The fourth-order valence-corrected chi connectivity index (χ4v) is 3.91. The highest BCUT2D eigenvalue weighted by Crippen LogP contribution is 2.54. The first kappa shape index (κ1) is 14.0. The summed E-state index contributed by atoms with van der Waals surface area (Å²) in [4.78, 5) is 0. The van der Waals surface area contributed by atoms with Crippen molar-refractivity contribution in [3.63, 3.8) is 0 Å². The Labute approximate surface area is 125 Å². The fourth-order valence-electron chi connectivity index (χ4n) is 3.45. The maximum atomic E-state index is 6.55. The van der Waals surface area contributed by atoms with Crippen LogP contribution in [0.3, 0.4) is 0 Å². The van der Waals surface area contributed by atoms with Crippen LogP contribution in [0.5, 0.6) is 11.5 Å². The van der Waals surface area contributed by atoms with Crippen molar-refractivity contribution in [2.75, 3.05) is 19.8 Å². The molecule has 1 heterocycles. The first-order chi connectivity index (χ1) is 9.54. The Morgan fingerprint density at radius 2 is 2.10 bits per heavy atom. The van der Waals surface area contributed by atoms with Crippen LogP contribution in [0.15, 0.2) is 6.07 Å². The largest absolute Gasteiger partial charge is 0.489 e. The van der Waals surface area contributed by atoms with Crippen molar-refractivity contribution in [1.82, 2.24) is 5.32 Å². The van der Waals surface area contributed by atoms with Crippen LogP contribution in [-0.2, 0) is 5.41 Å². The minimum atomic E-state index is 0.0595. The third-order valence-electron chi connectivity index (χ3n) is 4.22. The number of hydrogen-bond acceptors (Lipinski definition) is 3. The normalized spacial score (nSPS) is 23.3. The quantitative estimate of drug-likeness (QED) is 0.899. The van der Waals surface area contributed by atoms with E-state index in [4.69, 9.17) is 21.1 Å². The molecule has 0 amide bonds. The van der Waals surface area contributed by atoms with Crippen molar-refractivity contribution in [3.05, 3.63) is 22.2 Å². The number of benzene rings is 1. The summed E-state index contributed by atoms with van der Waals surface area (Å²) < 4.78 is 11.8. The molecule has 4 heteroatoms. The van der Waals surface area contributed by atoms with E-state index in [9.17, 15) is 0 Å². The van der Waals surface area contributed by atoms with E-state index >= 15 is 0 Å². The second kappa shape index (κ2) is 5.12. The van der Waals surface area contributed by atoms with Crippen LogP contribution in [0.4, 0.5) is 0 Å². The lowest BCUT2D eigenvalue weighted by Gasteiger charge is -2.21. The summed E-state index contributed by atoms with van der Waals surface area (Å²) in [6, 6.07) is 2.22. The van der Waals surface area contributed by atoms with Crippen LogP contribution in [-0.4, -0.2) is 19.8 Å². The van der Waals surface area contributed by atoms with Gasteiger partial charge in [-0.3, -0.25) is 0 Å². The van der Waals surface area contributed by atoms with E-state index in [0.717, 1.165) is 35.9 Å². The van der Waals surface area contributed by atoms with Crippen molar-refractivity contribution in [3.8, 4) is 11.5 Å². The van der Waals surface area contributed by atoms with Crippen LogP contribution in [0.25, 0.3) is 0 Å². The Balaban J connectivity index is 2.19. The van der Waals surface area contributed by atoms with E-state index in [2.05, 4.69) is 26.1 Å². The molecule has 1 aliphatic heterocycles. The summed E-state index contributed by atoms with van der Waals surface area (Å²) in [5.41, 5.74) is 2.49. The molecule has 0 radical (unpaired) electrons. The van der Waals surface area contributed by atoms with Gasteiger partial charge in [0.1, 0.15) is 0 Å². The number of nitrogens with one attached hydrogen (secondary N) is 1. The molecule has 20 heavy (non-hydrogen) atoms. The highest BCUT2D eigenvalue weighted by Gasteiger charge is 2.42. The summed E-state index contributed by atoms with van der Waals surface area (Å²) in [7, 11) is 0. The number of hydrogen-bond donors (Lipinski definition) is 1. The maximum absolute atomic E-state index is 6.55. The Hall–Kier alpha value is -0.930. The van der Waals surface area contributed by atoms with Gasteiger partial charge in [-0.15, -0.1) is 0 Å². The Bertz CT molecular complexity index is 528. The van der Waals surface area contributed by atoms with E-state index in [1.165, 1.54) is 11.1 Å². The van der Waals surface area contributed by atoms with E-state index < -0.39 is 0 Å². The summed E-state index contributed by atoms with van der Waals surface area (Å²) >= 11 is 6.55. The second-order valence-corrected chi connectivity index (χ2v) is 6.63. The van der Waals surface area contributed by atoms with Crippen molar-refractivity contribution in [1.29, 1.82) is 0 Å². The molecular formula is C16H22ClNO2. The summed E-state index contributed by atoms with van der Waals surface area (Å²) in [6.07, 6.45) is 1.95. The van der Waals surface area contributed by atoms with Crippen LogP contribution in [0.2, 0.25) is 5.02 Å². The van der Waals surface area contributed by atoms with E-state index in [1.807, 2.05) is 6.07 Å². The SMILES string of the molecule is CCNC1CC(C)(C)c2c(Cl)cc3c(c21)OCCCO3. The lowest BCUT2D eigenvalue weighted by atomic mass is 9.86. The zero-order valence-corrected chi connectivity index (χ0v) is 13.1. The predicted octanol–water partition coefficient (Wildman–Crippen LogP) is 3.83. The van der Waals surface area contributed by atoms with Gasteiger partial charge in [0.25, 0.3) is 0 Å². The molecule has 3 rings (SSSR count). The molecule has 1 N–H and O–H groups in total. The number of ether oxygens (including phenoxy) is 2. The summed E-state index contributed by atoms with van der Waals surface area (Å²) in [6.45, 7) is 8.96. The number of halogens is 1. The Morgan fingerprint density at radius 3 is 2.85 bits per heavy atom. The standard InChI is InChI=1S/C16H22ClNO2/c1-4-18-11-9-16(2,3)14-10(17)8-12-15(13(11)14)20-7-5-6-19-12/h8,11,18H,4-7,9H2,1-3H3. The van der Waals surface area contributed by atoms with Gasteiger partial charge in [-0.1, -0.05) is 32.4 Å². The highest BCUT2D eigenvalue weighted by atomic mass is 35.5. The minimum absolute atomic E-state index is 0.0595. The topological polar surface area (TPSA) is 30.5 Å². The van der Waals surface area contributed by atoms with Crippen LogP contribution >= 0.6 is 11.6 Å². The third kappa shape index (κ3) is 2.17. The molecule has 0 aromatic heterocycles. The molecular weight excluding hydrogens is 274 g/mol. The minimum Gasteiger partial charge on any atom is -0.489 e. The number of fused-ring (bicyclic) bond motifs is 3. The number of rotatable bonds is 2. The van der Waals surface area contributed by atoms with Crippen molar-refractivity contribution in [2.45, 2.75) is 45.1 Å². The molecule has 0 fully saturated rings. The monoisotopic (exact) mass is 295 g/mol. The van der Waals surface area contributed by atoms with E-state index in [-0.39, 0.29) is 5.41 Å². The fraction of sp³-hybridized carbons (Fsp3) is 0.625. The summed E-state index contributed by atoms with van der Waals surface area (Å²) in [5.74, 6) is 1.70. The van der Waals surface area contributed by atoms with Gasteiger partial charge in [-0.2, -0.15) is 0 Å². The van der Waals surface area contributed by atoms with Crippen molar-refractivity contribution >= 4 is 11.6 Å². The van der Waals surface area contributed by atoms with Gasteiger partial charge in [0, 0.05) is 29.1 Å². The Morgan fingerprint density at radius 1 is 1.35 bits per heavy atom.